The zero-order valence-electron chi connectivity index (χ0n) is 14.3. The second-order valence-electron chi connectivity index (χ2n) is 6.44. The fourth-order valence-electron chi connectivity index (χ4n) is 3.64. The van der Waals surface area contributed by atoms with E-state index in [0.29, 0.717) is 0 Å². The zero-order chi connectivity index (χ0) is 18.3. The predicted molar refractivity (Wildman–Crippen MR) is 102 cm³/mol. The second-order valence-corrected chi connectivity index (χ2v) is 7.36. The van der Waals surface area contributed by atoms with Gasteiger partial charge in [-0.3, -0.25) is 4.79 Å². The number of carbonyl (C=O) groups is 1. The Morgan fingerprint density at radius 3 is 2.50 bits per heavy atom. The third-order valence-corrected chi connectivity index (χ3v) is 5.93. The highest BCUT2D eigenvalue weighted by atomic mass is 32.1. The van der Waals surface area contributed by atoms with Crippen molar-refractivity contribution in [2.45, 2.75) is 24.7 Å². The molecule has 2 aromatic carbocycles. The van der Waals surface area contributed by atoms with Gasteiger partial charge in [0.25, 0.3) is 0 Å². The van der Waals surface area contributed by atoms with Gasteiger partial charge in [0.2, 0.25) is 0 Å². The molecule has 4 nitrogen and oxygen atoms in total. The number of hydrogen-bond acceptors (Lipinski definition) is 4. The Balaban J connectivity index is 1.95. The van der Waals surface area contributed by atoms with Gasteiger partial charge in [-0.2, -0.15) is 0 Å². The van der Waals surface area contributed by atoms with Crippen LogP contribution in [0, 0.1) is 0 Å². The van der Waals surface area contributed by atoms with Crippen molar-refractivity contribution < 1.29 is 14.6 Å². The molecule has 3 atom stereocenters. The molecule has 0 bridgehead atoms. The number of hydrogen-bond donors (Lipinski definition) is 2. The number of rotatable bonds is 5. The molecule has 0 amide bonds. The molecular formula is C21H19NO3S. The maximum atomic E-state index is 11.4. The maximum Gasteiger partial charge on any atom is 0.323 e. The van der Waals surface area contributed by atoms with Crippen molar-refractivity contribution in [3.63, 3.8) is 0 Å². The van der Waals surface area contributed by atoms with Crippen LogP contribution in [0.1, 0.15) is 22.9 Å². The van der Waals surface area contributed by atoms with Gasteiger partial charge >= 0.3 is 5.97 Å². The molecule has 0 saturated carbocycles. The minimum atomic E-state index is -1.10. The molecule has 2 unspecified atom stereocenters. The number of thiophene rings is 1. The number of aliphatic carboxylic acids is 1. The first kappa shape index (κ1) is 17.0. The summed E-state index contributed by atoms with van der Waals surface area (Å²) in [5, 5.41) is 11.4. The Bertz CT molecular complexity index is 953. The lowest BCUT2D eigenvalue weighted by Crippen LogP contribution is -2.46. The van der Waals surface area contributed by atoms with Crippen molar-refractivity contribution in [3.8, 4) is 11.1 Å². The average Bonchev–Trinajstić information content (AvgIpc) is 3.24. The molecule has 0 fully saturated rings. The molecule has 1 aromatic heterocycles. The molecule has 0 saturated heterocycles. The summed E-state index contributed by atoms with van der Waals surface area (Å²) >= 11 is 1.62. The lowest BCUT2D eigenvalue weighted by molar-refractivity contribution is -0.144. The van der Waals surface area contributed by atoms with E-state index in [-0.39, 0.29) is 0 Å². The van der Waals surface area contributed by atoms with Crippen LogP contribution >= 0.6 is 11.3 Å². The zero-order valence-corrected chi connectivity index (χ0v) is 15.1. The molecule has 1 heterocycles. The van der Waals surface area contributed by atoms with E-state index >= 15 is 0 Å². The molecule has 0 spiro atoms. The summed E-state index contributed by atoms with van der Waals surface area (Å²) in [7, 11) is 0. The lowest BCUT2D eigenvalue weighted by atomic mass is 9.87. The first-order chi connectivity index (χ1) is 12.6. The van der Waals surface area contributed by atoms with Crippen LogP contribution in [0.15, 0.2) is 66.0 Å². The average molecular weight is 365 g/mol. The fraction of sp³-hybridized carbons (Fsp3) is 0.190. The van der Waals surface area contributed by atoms with Crippen molar-refractivity contribution >= 4 is 17.3 Å². The topological polar surface area (TPSA) is 72.5 Å². The lowest BCUT2D eigenvalue weighted by Gasteiger charge is -2.35. The highest BCUT2D eigenvalue weighted by Gasteiger charge is 2.48. The maximum absolute atomic E-state index is 11.4. The Morgan fingerprint density at radius 1 is 1.08 bits per heavy atom. The molecule has 5 heteroatoms. The van der Waals surface area contributed by atoms with Gasteiger partial charge in [-0.25, -0.2) is 0 Å². The van der Waals surface area contributed by atoms with Gasteiger partial charge in [-0.05, 0) is 35.1 Å². The summed E-state index contributed by atoms with van der Waals surface area (Å²) < 4.78 is 6.52. The number of carboxylic acid groups (broad SMARTS) is 1. The van der Waals surface area contributed by atoms with E-state index in [9.17, 15) is 9.90 Å². The van der Waals surface area contributed by atoms with E-state index in [2.05, 4.69) is 12.1 Å². The fourth-order valence-corrected chi connectivity index (χ4v) is 4.73. The van der Waals surface area contributed by atoms with E-state index in [1.807, 2.05) is 53.9 Å². The summed E-state index contributed by atoms with van der Waals surface area (Å²) in [5.74, 6) is -1.07. The summed E-state index contributed by atoms with van der Waals surface area (Å²) in [6.45, 7) is 1.72. The van der Waals surface area contributed by atoms with Crippen molar-refractivity contribution in [3.05, 3.63) is 82.0 Å². The number of fused-ring (bicyclic) bond motifs is 3. The number of ether oxygens (including phenoxy) is 1. The Labute approximate surface area is 155 Å². The number of benzene rings is 2. The molecule has 1 aliphatic carbocycles. The van der Waals surface area contributed by atoms with Crippen LogP contribution in [0.2, 0.25) is 0 Å². The quantitative estimate of drug-likeness (QED) is 0.721. The van der Waals surface area contributed by atoms with Crippen LogP contribution in [0.25, 0.3) is 11.1 Å². The van der Waals surface area contributed by atoms with Crippen LogP contribution < -0.4 is 5.73 Å². The minimum absolute atomic E-state index is 0.672. The molecule has 0 radical (unpaired) electrons. The highest BCUT2D eigenvalue weighted by Crippen LogP contribution is 2.55. The Hall–Kier alpha value is -2.47. The van der Waals surface area contributed by atoms with Crippen molar-refractivity contribution in [1.82, 2.24) is 0 Å². The molecule has 4 rings (SSSR count). The Morgan fingerprint density at radius 2 is 1.77 bits per heavy atom. The van der Waals surface area contributed by atoms with Crippen LogP contribution in [0.4, 0.5) is 0 Å². The van der Waals surface area contributed by atoms with Crippen molar-refractivity contribution in [2.24, 2.45) is 5.73 Å². The largest absolute Gasteiger partial charge is 0.480 e. The van der Waals surface area contributed by atoms with Crippen LogP contribution in [0.3, 0.4) is 0 Å². The summed E-state index contributed by atoms with van der Waals surface area (Å²) in [6.07, 6.45) is -0.672. The van der Waals surface area contributed by atoms with Gasteiger partial charge in [0.15, 0.2) is 5.60 Å². The predicted octanol–water partition coefficient (Wildman–Crippen LogP) is 3.84. The van der Waals surface area contributed by atoms with E-state index in [1.165, 1.54) is 0 Å². The van der Waals surface area contributed by atoms with Gasteiger partial charge in [0, 0.05) is 5.56 Å². The number of carboxylic acids is 1. The highest BCUT2D eigenvalue weighted by molar-refractivity contribution is 7.10. The molecular weight excluding hydrogens is 346 g/mol. The van der Waals surface area contributed by atoms with Crippen LogP contribution in [0.5, 0.6) is 0 Å². The molecule has 1 aliphatic rings. The first-order valence-corrected chi connectivity index (χ1v) is 9.33. The SMILES string of the molecule is CC(OC1(c2ccccc2)c2ccccc2-c2ccsc21)[C@H](N)C(=O)O. The summed E-state index contributed by atoms with van der Waals surface area (Å²) in [4.78, 5) is 12.5. The standard InChI is InChI=1S/C21H19NO3S/c1-13(18(22)20(23)24)25-21(14-7-3-2-4-8-14)17-10-6-5-9-15(17)16-11-12-26-19(16)21/h2-13,18H,22H2,1H3,(H,23,24)/t13?,18-,21?/m0/s1. The van der Waals surface area contributed by atoms with Gasteiger partial charge in [0.1, 0.15) is 6.04 Å². The third kappa shape index (κ3) is 2.40. The molecule has 26 heavy (non-hydrogen) atoms. The summed E-state index contributed by atoms with van der Waals surface area (Å²) in [6, 6.07) is 19.0. The van der Waals surface area contributed by atoms with Crippen LogP contribution in [-0.2, 0) is 15.1 Å². The van der Waals surface area contributed by atoms with Gasteiger partial charge in [0.05, 0.1) is 11.0 Å². The molecule has 3 aromatic rings. The normalized spacial score (nSPS) is 20.2. The second kappa shape index (κ2) is 6.36. The first-order valence-electron chi connectivity index (χ1n) is 8.45. The van der Waals surface area contributed by atoms with Gasteiger partial charge in [-0.15, -0.1) is 11.3 Å². The monoisotopic (exact) mass is 365 g/mol. The minimum Gasteiger partial charge on any atom is -0.480 e. The molecule has 0 aliphatic heterocycles. The van der Waals surface area contributed by atoms with Crippen LogP contribution in [-0.4, -0.2) is 23.2 Å². The third-order valence-electron chi connectivity index (χ3n) is 4.92. The smallest absolute Gasteiger partial charge is 0.323 e. The van der Waals surface area contributed by atoms with E-state index in [4.69, 9.17) is 10.5 Å². The van der Waals surface area contributed by atoms with Gasteiger partial charge < -0.3 is 15.6 Å². The van der Waals surface area contributed by atoms with E-state index in [1.54, 1.807) is 18.3 Å². The number of nitrogens with two attached hydrogens (primary N) is 1. The summed E-state index contributed by atoms with van der Waals surface area (Å²) in [5.41, 5.74) is 9.26. The van der Waals surface area contributed by atoms with E-state index in [0.717, 1.165) is 27.1 Å². The van der Waals surface area contributed by atoms with Crippen molar-refractivity contribution in [2.75, 3.05) is 0 Å². The van der Waals surface area contributed by atoms with E-state index < -0.39 is 23.7 Å². The van der Waals surface area contributed by atoms with Gasteiger partial charge in [-0.1, -0.05) is 54.6 Å². The van der Waals surface area contributed by atoms with Crippen molar-refractivity contribution in [1.29, 1.82) is 0 Å². The Kier molecular flexibility index (Phi) is 4.15. The molecule has 3 N–H and O–H groups in total. The molecule has 132 valence electrons.